The largest absolute Gasteiger partial charge is 0.441 e. The summed E-state index contributed by atoms with van der Waals surface area (Å²) < 4.78 is 5.24. The molecule has 1 saturated heterocycles. The average Bonchev–Trinajstić information content (AvgIpc) is 3.14. The Morgan fingerprint density at radius 3 is 2.68 bits per heavy atom. The second-order valence-corrected chi connectivity index (χ2v) is 5.38. The van der Waals surface area contributed by atoms with Gasteiger partial charge in [0.05, 0.1) is 6.42 Å². The van der Waals surface area contributed by atoms with Gasteiger partial charge in [0.1, 0.15) is 0 Å². The molecule has 1 saturated carbocycles. The molecule has 1 atom stereocenters. The van der Waals surface area contributed by atoms with Gasteiger partial charge in [0.2, 0.25) is 5.91 Å². The molecule has 3 rings (SSSR count). The molecule has 2 aliphatic rings. The van der Waals surface area contributed by atoms with Crippen LogP contribution >= 0.6 is 11.6 Å². The van der Waals surface area contributed by atoms with Crippen molar-refractivity contribution in [2.45, 2.75) is 31.9 Å². The van der Waals surface area contributed by atoms with E-state index in [1.54, 1.807) is 23.1 Å². The van der Waals surface area contributed by atoms with E-state index in [1.165, 1.54) is 0 Å². The van der Waals surface area contributed by atoms with Crippen molar-refractivity contribution in [1.82, 2.24) is 0 Å². The second kappa shape index (κ2) is 4.85. The molecular weight excluding hydrogens is 266 g/mol. The van der Waals surface area contributed by atoms with Gasteiger partial charge in [0.15, 0.2) is 6.23 Å². The molecule has 2 fully saturated rings. The Morgan fingerprint density at radius 1 is 1.32 bits per heavy atom. The second-order valence-electron chi connectivity index (χ2n) is 4.95. The van der Waals surface area contributed by atoms with Gasteiger partial charge in [0, 0.05) is 23.0 Å². The molecule has 1 unspecified atom stereocenters. The first-order valence-corrected chi connectivity index (χ1v) is 6.81. The predicted octanol–water partition coefficient (Wildman–Crippen LogP) is 2.75. The van der Waals surface area contributed by atoms with Crippen LogP contribution in [0, 0.1) is 5.92 Å². The summed E-state index contributed by atoms with van der Waals surface area (Å²) in [6.07, 6.45) is 2.25. The van der Waals surface area contributed by atoms with Gasteiger partial charge in [-0.05, 0) is 31.0 Å². The molecule has 1 heterocycles. The van der Waals surface area contributed by atoms with Crippen LogP contribution in [0.1, 0.15) is 25.7 Å². The number of halogens is 1. The lowest BCUT2D eigenvalue weighted by molar-refractivity contribution is -0.142. The van der Waals surface area contributed by atoms with Crippen LogP contribution in [0.4, 0.5) is 5.69 Å². The number of hydrogen-bond acceptors (Lipinski definition) is 3. The number of esters is 1. The third-order valence-electron chi connectivity index (χ3n) is 3.40. The Morgan fingerprint density at radius 2 is 2.11 bits per heavy atom. The van der Waals surface area contributed by atoms with Crippen LogP contribution in [-0.2, 0) is 14.3 Å². The van der Waals surface area contributed by atoms with E-state index in [9.17, 15) is 9.59 Å². The molecule has 1 amide bonds. The molecule has 5 heteroatoms. The van der Waals surface area contributed by atoms with Gasteiger partial charge < -0.3 is 4.74 Å². The summed E-state index contributed by atoms with van der Waals surface area (Å²) in [5, 5.41) is 0.565. The van der Waals surface area contributed by atoms with Gasteiger partial charge in [-0.25, -0.2) is 0 Å². The summed E-state index contributed by atoms with van der Waals surface area (Å²) in [4.78, 5) is 25.3. The van der Waals surface area contributed by atoms with E-state index < -0.39 is 6.23 Å². The minimum Gasteiger partial charge on any atom is -0.441 e. The Labute approximate surface area is 116 Å². The van der Waals surface area contributed by atoms with Crippen LogP contribution in [0.25, 0.3) is 0 Å². The smallest absolute Gasteiger partial charge is 0.307 e. The summed E-state index contributed by atoms with van der Waals surface area (Å²) >= 11 is 5.98. The highest BCUT2D eigenvalue weighted by Gasteiger charge is 2.40. The number of hydrogen-bond donors (Lipinski definition) is 0. The monoisotopic (exact) mass is 279 g/mol. The minimum absolute atomic E-state index is 0.0296. The lowest BCUT2D eigenvalue weighted by atomic mass is 10.2. The van der Waals surface area contributed by atoms with Gasteiger partial charge in [-0.15, -0.1) is 0 Å². The molecular formula is C14H14ClNO3. The third-order valence-corrected chi connectivity index (χ3v) is 3.64. The fourth-order valence-electron chi connectivity index (χ4n) is 2.28. The summed E-state index contributed by atoms with van der Waals surface area (Å²) in [5.41, 5.74) is 0.698. The van der Waals surface area contributed by atoms with Gasteiger partial charge in [-0.1, -0.05) is 17.7 Å². The van der Waals surface area contributed by atoms with Crippen molar-refractivity contribution in [1.29, 1.82) is 0 Å². The average molecular weight is 280 g/mol. The molecule has 1 aliphatic carbocycles. The molecule has 0 radical (unpaired) electrons. The fourth-order valence-corrected chi connectivity index (χ4v) is 2.47. The van der Waals surface area contributed by atoms with Crippen molar-refractivity contribution in [3.8, 4) is 0 Å². The van der Waals surface area contributed by atoms with E-state index in [0.29, 0.717) is 23.6 Å². The summed E-state index contributed by atoms with van der Waals surface area (Å²) in [5.74, 6) is -0.152. The van der Waals surface area contributed by atoms with Crippen molar-refractivity contribution in [3.05, 3.63) is 29.3 Å². The van der Waals surface area contributed by atoms with Crippen LogP contribution in [-0.4, -0.2) is 18.1 Å². The van der Waals surface area contributed by atoms with Gasteiger partial charge in [0.25, 0.3) is 0 Å². The van der Waals surface area contributed by atoms with Gasteiger partial charge >= 0.3 is 5.97 Å². The van der Waals surface area contributed by atoms with Crippen molar-refractivity contribution in [2.75, 3.05) is 4.90 Å². The Kier molecular flexibility index (Phi) is 3.19. The quantitative estimate of drug-likeness (QED) is 0.799. The minimum atomic E-state index is -0.487. The molecule has 0 aromatic heterocycles. The molecule has 0 N–H and O–H groups in total. The maximum Gasteiger partial charge on any atom is 0.307 e. The molecule has 0 spiro atoms. The number of anilines is 1. The van der Waals surface area contributed by atoms with Crippen LogP contribution in [0.5, 0.6) is 0 Å². The fraction of sp³-hybridized carbons (Fsp3) is 0.429. The zero-order chi connectivity index (χ0) is 13.4. The maximum atomic E-state index is 12.4. The van der Waals surface area contributed by atoms with Gasteiger partial charge in [-0.2, -0.15) is 0 Å². The highest BCUT2D eigenvalue weighted by molar-refractivity contribution is 6.30. The summed E-state index contributed by atoms with van der Waals surface area (Å²) in [6.45, 7) is 0. The van der Waals surface area contributed by atoms with E-state index in [2.05, 4.69) is 0 Å². The first kappa shape index (κ1) is 12.5. The van der Waals surface area contributed by atoms with E-state index in [4.69, 9.17) is 16.3 Å². The predicted molar refractivity (Wildman–Crippen MR) is 70.8 cm³/mol. The lowest BCUT2D eigenvalue weighted by Gasteiger charge is -2.28. The Balaban J connectivity index is 1.91. The highest BCUT2D eigenvalue weighted by atomic mass is 35.5. The molecule has 1 aromatic rings. The van der Waals surface area contributed by atoms with Crippen molar-refractivity contribution >= 4 is 29.2 Å². The standard InChI is InChI=1S/C14H14ClNO3/c15-10-2-1-3-11(8-10)16(14(18)9-4-5-9)12-6-7-13(17)19-12/h1-3,8-9,12H,4-7H2. The van der Waals surface area contributed by atoms with Crippen molar-refractivity contribution in [2.24, 2.45) is 5.92 Å². The number of amides is 1. The van der Waals surface area contributed by atoms with E-state index >= 15 is 0 Å². The number of benzene rings is 1. The molecule has 1 aliphatic heterocycles. The van der Waals surface area contributed by atoms with Crippen LogP contribution in [0.15, 0.2) is 24.3 Å². The lowest BCUT2D eigenvalue weighted by Crippen LogP contribution is -2.41. The number of ether oxygens (including phenoxy) is 1. The number of carbonyl (C=O) groups excluding carboxylic acids is 2. The first-order valence-electron chi connectivity index (χ1n) is 6.43. The van der Waals surface area contributed by atoms with E-state index in [-0.39, 0.29) is 17.8 Å². The van der Waals surface area contributed by atoms with E-state index in [1.807, 2.05) is 6.07 Å². The molecule has 0 bridgehead atoms. The van der Waals surface area contributed by atoms with Crippen molar-refractivity contribution < 1.29 is 14.3 Å². The van der Waals surface area contributed by atoms with Crippen LogP contribution < -0.4 is 4.90 Å². The van der Waals surface area contributed by atoms with Crippen LogP contribution in [0.3, 0.4) is 0 Å². The number of rotatable bonds is 3. The molecule has 1 aromatic carbocycles. The summed E-state index contributed by atoms with van der Waals surface area (Å²) in [6, 6.07) is 7.10. The van der Waals surface area contributed by atoms with Gasteiger partial charge in [-0.3, -0.25) is 14.5 Å². The summed E-state index contributed by atoms with van der Waals surface area (Å²) in [7, 11) is 0. The Bertz CT molecular complexity index is 527. The molecule has 19 heavy (non-hydrogen) atoms. The number of cyclic esters (lactones) is 1. The molecule has 100 valence electrons. The number of nitrogens with zero attached hydrogens (tertiary/aromatic N) is 1. The third kappa shape index (κ3) is 2.59. The maximum absolute atomic E-state index is 12.4. The topological polar surface area (TPSA) is 46.6 Å². The first-order chi connectivity index (χ1) is 9.15. The Hall–Kier alpha value is -1.55. The van der Waals surface area contributed by atoms with Crippen LogP contribution in [0.2, 0.25) is 5.02 Å². The molecule has 4 nitrogen and oxygen atoms in total. The SMILES string of the molecule is O=C1CCC(N(C(=O)C2CC2)c2cccc(Cl)c2)O1. The zero-order valence-corrected chi connectivity index (χ0v) is 11.1. The van der Waals surface area contributed by atoms with E-state index in [0.717, 1.165) is 12.8 Å². The normalized spacial score (nSPS) is 22.2. The van der Waals surface area contributed by atoms with Crippen molar-refractivity contribution in [3.63, 3.8) is 0 Å². The number of carbonyl (C=O) groups is 2. The zero-order valence-electron chi connectivity index (χ0n) is 10.3. The highest BCUT2D eigenvalue weighted by Crippen LogP contribution is 2.36.